The summed E-state index contributed by atoms with van der Waals surface area (Å²) in [6.45, 7) is 11.7. The van der Waals surface area contributed by atoms with E-state index >= 15 is 0 Å². The van der Waals surface area contributed by atoms with E-state index in [0.717, 1.165) is 18.9 Å². The zero-order chi connectivity index (χ0) is 14.5. The minimum atomic E-state index is 0.585. The summed E-state index contributed by atoms with van der Waals surface area (Å²) < 4.78 is 0. The molecule has 1 saturated heterocycles. The first-order valence-electron chi connectivity index (χ1n) is 8.14. The van der Waals surface area contributed by atoms with Crippen molar-refractivity contribution in [1.29, 1.82) is 0 Å². The van der Waals surface area contributed by atoms with Crippen molar-refractivity contribution in [1.82, 2.24) is 10.2 Å². The molecule has 20 heavy (non-hydrogen) atoms. The van der Waals surface area contributed by atoms with Crippen LogP contribution in [0.15, 0.2) is 30.3 Å². The Balaban J connectivity index is 2.00. The van der Waals surface area contributed by atoms with Crippen molar-refractivity contribution in [2.24, 2.45) is 5.92 Å². The zero-order valence-electron chi connectivity index (χ0n) is 13.5. The van der Waals surface area contributed by atoms with Crippen LogP contribution in [0.25, 0.3) is 0 Å². The maximum Gasteiger partial charge on any atom is 0.0236 e. The molecule has 2 nitrogen and oxygen atoms in total. The highest BCUT2D eigenvalue weighted by Crippen LogP contribution is 2.20. The molecule has 1 aliphatic rings. The van der Waals surface area contributed by atoms with E-state index in [1.165, 1.54) is 18.5 Å². The van der Waals surface area contributed by atoms with Crippen molar-refractivity contribution in [2.45, 2.75) is 58.7 Å². The Morgan fingerprint density at radius 2 is 1.90 bits per heavy atom. The third-order valence-electron chi connectivity index (χ3n) is 4.83. The van der Waals surface area contributed by atoms with Crippen molar-refractivity contribution < 1.29 is 0 Å². The lowest BCUT2D eigenvalue weighted by atomic mass is 9.95. The predicted molar refractivity (Wildman–Crippen MR) is 87.0 cm³/mol. The SMILES string of the molecule is CCC1CNC(Cc2ccccc2)CN1C(C)C(C)C. The molecule has 1 aromatic carbocycles. The normalized spacial score (nSPS) is 25.9. The highest BCUT2D eigenvalue weighted by molar-refractivity contribution is 5.16. The van der Waals surface area contributed by atoms with Crippen molar-refractivity contribution in [3.8, 4) is 0 Å². The summed E-state index contributed by atoms with van der Waals surface area (Å²) in [4.78, 5) is 2.73. The third-order valence-corrected chi connectivity index (χ3v) is 4.83. The van der Waals surface area contributed by atoms with Crippen molar-refractivity contribution >= 4 is 0 Å². The Kier molecular flexibility index (Phi) is 5.62. The number of nitrogens with zero attached hydrogens (tertiary/aromatic N) is 1. The van der Waals surface area contributed by atoms with Gasteiger partial charge in [-0.25, -0.2) is 0 Å². The fourth-order valence-electron chi connectivity index (χ4n) is 3.18. The zero-order valence-corrected chi connectivity index (χ0v) is 13.5. The Morgan fingerprint density at radius 1 is 1.20 bits per heavy atom. The predicted octanol–water partition coefficient (Wildman–Crippen LogP) is 3.33. The van der Waals surface area contributed by atoms with Gasteiger partial charge in [-0.2, -0.15) is 0 Å². The van der Waals surface area contributed by atoms with Crippen LogP contribution >= 0.6 is 0 Å². The van der Waals surface area contributed by atoms with Crippen LogP contribution in [0.2, 0.25) is 0 Å². The smallest absolute Gasteiger partial charge is 0.0236 e. The molecule has 2 rings (SSSR count). The molecule has 3 unspecified atom stereocenters. The number of hydrogen-bond donors (Lipinski definition) is 1. The minimum Gasteiger partial charge on any atom is -0.311 e. The summed E-state index contributed by atoms with van der Waals surface area (Å²) in [5, 5.41) is 3.75. The molecule has 0 aliphatic carbocycles. The standard InChI is InChI=1S/C18H30N2/c1-5-18-12-19-17(11-16-9-7-6-8-10-16)13-20(18)15(4)14(2)3/h6-10,14-15,17-19H,5,11-13H2,1-4H3. The monoisotopic (exact) mass is 274 g/mol. The first-order valence-corrected chi connectivity index (χ1v) is 8.14. The first kappa shape index (κ1) is 15.5. The van der Waals surface area contributed by atoms with Crippen molar-refractivity contribution in [2.75, 3.05) is 13.1 Å². The summed E-state index contributed by atoms with van der Waals surface area (Å²) in [6, 6.07) is 12.8. The van der Waals surface area contributed by atoms with Crippen LogP contribution in [0.1, 0.15) is 39.7 Å². The summed E-state index contributed by atoms with van der Waals surface area (Å²) >= 11 is 0. The van der Waals surface area contributed by atoms with E-state index in [1.54, 1.807) is 0 Å². The van der Waals surface area contributed by atoms with E-state index in [0.29, 0.717) is 18.1 Å². The molecule has 1 aromatic rings. The average molecular weight is 274 g/mol. The minimum absolute atomic E-state index is 0.585. The second kappa shape index (κ2) is 7.24. The third kappa shape index (κ3) is 3.83. The van der Waals surface area contributed by atoms with E-state index < -0.39 is 0 Å². The quantitative estimate of drug-likeness (QED) is 0.886. The highest BCUT2D eigenvalue weighted by atomic mass is 15.3. The molecule has 1 heterocycles. The van der Waals surface area contributed by atoms with Gasteiger partial charge < -0.3 is 5.32 Å². The van der Waals surface area contributed by atoms with Gasteiger partial charge in [0, 0.05) is 31.2 Å². The van der Waals surface area contributed by atoms with Crippen LogP contribution in [0, 0.1) is 5.92 Å². The van der Waals surface area contributed by atoms with E-state index in [-0.39, 0.29) is 0 Å². The lowest BCUT2D eigenvalue weighted by Gasteiger charge is -2.45. The van der Waals surface area contributed by atoms with E-state index in [9.17, 15) is 0 Å². The Hall–Kier alpha value is -0.860. The van der Waals surface area contributed by atoms with Gasteiger partial charge >= 0.3 is 0 Å². The fraction of sp³-hybridized carbons (Fsp3) is 0.667. The molecule has 0 bridgehead atoms. The van der Waals surface area contributed by atoms with Crippen molar-refractivity contribution in [3.63, 3.8) is 0 Å². The molecule has 112 valence electrons. The maximum absolute atomic E-state index is 3.75. The molecule has 1 N–H and O–H groups in total. The number of benzene rings is 1. The lowest BCUT2D eigenvalue weighted by molar-refractivity contribution is 0.0651. The Labute approximate surface area is 124 Å². The molecular weight excluding hydrogens is 244 g/mol. The average Bonchev–Trinajstić information content (AvgIpc) is 2.47. The van der Waals surface area contributed by atoms with E-state index in [1.807, 2.05) is 0 Å². The molecule has 0 amide bonds. The first-order chi connectivity index (χ1) is 9.61. The van der Waals surface area contributed by atoms with Gasteiger partial charge in [0.1, 0.15) is 0 Å². The van der Waals surface area contributed by atoms with Crippen LogP contribution in [-0.2, 0) is 6.42 Å². The van der Waals surface area contributed by atoms with Gasteiger partial charge in [-0.15, -0.1) is 0 Å². The van der Waals surface area contributed by atoms with Gasteiger partial charge in [0.2, 0.25) is 0 Å². The van der Waals surface area contributed by atoms with Gasteiger partial charge in [-0.3, -0.25) is 4.90 Å². The van der Waals surface area contributed by atoms with Crippen LogP contribution in [0.3, 0.4) is 0 Å². The summed E-state index contributed by atoms with van der Waals surface area (Å²) in [5.74, 6) is 0.722. The largest absolute Gasteiger partial charge is 0.311 e. The molecule has 1 fully saturated rings. The van der Waals surface area contributed by atoms with E-state index in [4.69, 9.17) is 0 Å². The Morgan fingerprint density at radius 3 is 2.50 bits per heavy atom. The Bertz CT molecular complexity index is 386. The molecule has 0 spiro atoms. The van der Waals surface area contributed by atoms with Crippen LogP contribution in [0.4, 0.5) is 0 Å². The fourth-order valence-corrected chi connectivity index (χ4v) is 3.18. The number of rotatable bonds is 5. The van der Waals surface area contributed by atoms with Gasteiger partial charge in [0.15, 0.2) is 0 Å². The van der Waals surface area contributed by atoms with Gasteiger partial charge in [0.25, 0.3) is 0 Å². The lowest BCUT2D eigenvalue weighted by Crippen LogP contribution is -2.60. The molecule has 2 heteroatoms. The topological polar surface area (TPSA) is 15.3 Å². The number of hydrogen-bond acceptors (Lipinski definition) is 2. The number of piperazine rings is 1. The second-order valence-electron chi connectivity index (χ2n) is 6.54. The summed E-state index contributed by atoms with van der Waals surface area (Å²) in [7, 11) is 0. The molecular formula is C18H30N2. The van der Waals surface area contributed by atoms with Crippen LogP contribution in [-0.4, -0.2) is 36.1 Å². The molecule has 1 aliphatic heterocycles. The van der Waals surface area contributed by atoms with Gasteiger partial charge in [-0.1, -0.05) is 51.1 Å². The van der Waals surface area contributed by atoms with E-state index in [2.05, 4.69) is 68.2 Å². The molecule has 0 saturated carbocycles. The molecule has 3 atom stereocenters. The van der Waals surface area contributed by atoms with Gasteiger partial charge in [0.05, 0.1) is 0 Å². The number of nitrogens with one attached hydrogen (secondary N) is 1. The van der Waals surface area contributed by atoms with Crippen LogP contribution in [0.5, 0.6) is 0 Å². The summed E-state index contributed by atoms with van der Waals surface area (Å²) in [5.41, 5.74) is 1.44. The molecule has 0 aromatic heterocycles. The molecule has 0 radical (unpaired) electrons. The highest BCUT2D eigenvalue weighted by Gasteiger charge is 2.30. The summed E-state index contributed by atoms with van der Waals surface area (Å²) in [6.07, 6.45) is 2.38. The van der Waals surface area contributed by atoms with Crippen LogP contribution < -0.4 is 5.32 Å². The second-order valence-corrected chi connectivity index (χ2v) is 6.54. The van der Waals surface area contributed by atoms with Crippen molar-refractivity contribution in [3.05, 3.63) is 35.9 Å². The maximum atomic E-state index is 3.75. The van der Waals surface area contributed by atoms with Gasteiger partial charge in [-0.05, 0) is 31.2 Å².